The van der Waals surface area contributed by atoms with Crippen molar-refractivity contribution in [3.05, 3.63) is 58.1 Å². The summed E-state index contributed by atoms with van der Waals surface area (Å²) in [6, 6.07) is 8.85. The number of rotatable bonds is 7. The van der Waals surface area contributed by atoms with Gasteiger partial charge in [0.1, 0.15) is 5.57 Å². The lowest BCUT2D eigenvalue weighted by atomic mass is 10.1. The van der Waals surface area contributed by atoms with Gasteiger partial charge in [0.15, 0.2) is 16.6 Å². The van der Waals surface area contributed by atoms with Gasteiger partial charge in [0, 0.05) is 0 Å². The molecular weight excluding hydrogens is 468 g/mol. The summed E-state index contributed by atoms with van der Waals surface area (Å²) in [5.41, 5.74) is 0.411. The largest absolute Gasteiger partial charge is 0.490 e. The van der Waals surface area contributed by atoms with Crippen LogP contribution in [0.4, 0.5) is 5.69 Å². The molecule has 1 heterocycles. The van der Waals surface area contributed by atoms with Crippen molar-refractivity contribution in [1.29, 1.82) is 0 Å². The molecule has 1 fully saturated rings. The molecule has 0 unspecified atom stereocenters. The molecule has 8 nitrogen and oxygen atoms in total. The van der Waals surface area contributed by atoms with Gasteiger partial charge in [-0.15, -0.1) is 0 Å². The lowest BCUT2D eigenvalue weighted by molar-refractivity contribution is -0.122. The molecule has 33 heavy (non-hydrogen) atoms. The Hall–Kier alpha value is -3.43. The zero-order valence-corrected chi connectivity index (χ0v) is 19.6. The highest BCUT2D eigenvalue weighted by Crippen LogP contribution is 2.38. The second kappa shape index (κ2) is 10.0. The fourth-order valence-corrected chi connectivity index (χ4v) is 3.67. The van der Waals surface area contributed by atoms with Crippen LogP contribution in [0.5, 0.6) is 11.5 Å². The van der Waals surface area contributed by atoms with Gasteiger partial charge in [0.2, 0.25) is 0 Å². The smallest absolute Gasteiger partial charge is 0.335 e. The van der Waals surface area contributed by atoms with Crippen LogP contribution in [-0.2, 0) is 9.59 Å². The first-order chi connectivity index (χ1) is 15.6. The minimum absolute atomic E-state index is 0.0283. The first-order valence-electron chi connectivity index (χ1n) is 10.00. The Kier molecular flexibility index (Phi) is 7.35. The summed E-state index contributed by atoms with van der Waals surface area (Å²) in [6.07, 6.45) is 1.22. The van der Waals surface area contributed by atoms with E-state index in [4.69, 9.17) is 33.3 Å². The molecule has 0 aromatic heterocycles. The molecule has 2 amide bonds. The number of hydrogen-bond acceptors (Lipinski definition) is 6. The molecule has 1 aliphatic heterocycles. The number of amides is 2. The van der Waals surface area contributed by atoms with E-state index in [1.54, 1.807) is 19.1 Å². The highest BCUT2D eigenvalue weighted by atomic mass is 35.5. The van der Waals surface area contributed by atoms with Gasteiger partial charge in [0.05, 0.1) is 29.0 Å². The minimum atomic E-state index is -1.16. The van der Waals surface area contributed by atoms with Crippen LogP contribution in [0, 0.1) is 0 Å². The predicted octanol–water partition coefficient (Wildman–Crippen LogP) is 4.06. The van der Waals surface area contributed by atoms with Crippen molar-refractivity contribution < 1.29 is 29.0 Å². The van der Waals surface area contributed by atoms with Gasteiger partial charge in [-0.3, -0.25) is 19.8 Å². The fourth-order valence-electron chi connectivity index (χ4n) is 3.12. The Labute approximate surface area is 200 Å². The molecule has 172 valence electrons. The van der Waals surface area contributed by atoms with Crippen LogP contribution in [0.1, 0.15) is 36.7 Å². The molecule has 3 rings (SSSR count). The van der Waals surface area contributed by atoms with Crippen molar-refractivity contribution in [1.82, 2.24) is 5.32 Å². The lowest BCUT2D eigenvalue weighted by Crippen LogP contribution is -2.54. The van der Waals surface area contributed by atoms with Gasteiger partial charge >= 0.3 is 5.97 Å². The predicted molar refractivity (Wildman–Crippen MR) is 128 cm³/mol. The standard InChI is InChI=1S/C23H21ClN2O6S/c1-4-31-18-10-13(9-17(24)19(18)32-12(2)3)8-16-20(27)25-23(33)26(21(16)28)15-7-5-6-14(11-15)22(29)30/h5-12H,4H2,1-3H3,(H,29,30)(H,25,27,33). The van der Waals surface area contributed by atoms with E-state index in [2.05, 4.69) is 5.32 Å². The number of halogens is 1. The molecule has 2 N–H and O–H groups in total. The van der Waals surface area contributed by atoms with E-state index < -0.39 is 17.8 Å². The number of carboxylic acid groups (broad SMARTS) is 1. The van der Waals surface area contributed by atoms with Gasteiger partial charge in [-0.1, -0.05) is 17.7 Å². The number of benzene rings is 2. The van der Waals surface area contributed by atoms with Gasteiger partial charge in [-0.25, -0.2) is 4.79 Å². The van der Waals surface area contributed by atoms with E-state index in [1.807, 2.05) is 13.8 Å². The number of anilines is 1. The van der Waals surface area contributed by atoms with E-state index >= 15 is 0 Å². The molecular formula is C23H21ClN2O6S. The van der Waals surface area contributed by atoms with E-state index in [-0.39, 0.29) is 33.1 Å². The Morgan fingerprint density at radius 3 is 2.64 bits per heavy atom. The van der Waals surface area contributed by atoms with E-state index in [1.165, 1.54) is 30.3 Å². The van der Waals surface area contributed by atoms with Crippen LogP contribution in [0.3, 0.4) is 0 Å². The maximum absolute atomic E-state index is 13.2. The van der Waals surface area contributed by atoms with E-state index in [9.17, 15) is 19.5 Å². The summed E-state index contributed by atoms with van der Waals surface area (Å²) in [4.78, 5) is 38.2. The molecule has 10 heteroatoms. The number of aromatic carboxylic acids is 1. The van der Waals surface area contributed by atoms with Crippen LogP contribution >= 0.6 is 23.8 Å². The lowest BCUT2D eigenvalue weighted by Gasteiger charge is -2.29. The average Bonchev–Trinajstić information content (AvgIpc) is 2.73. The number of hydrogen-bond donors (Lipinski definition) is 2. The molecule has 0 aliphatic carbocycles. The highest BCUT2D eigenvalue weighted by molar-refractivity contribution is 7.80. The van der Waals surface area contributed by atoms with Crippen molar-refractivity contribution in [3.8, 4) is 11.5 Å². The topological polar surface area (TPSA) is 105 Å². The van der Waals surface area contributed by atoms with E-state index in [0.717, 1.165) is 4.90 Å². The zero-order valence-electron chi connectivity index (χ0n) is 18.0. The van der Waals surface area contributed by atoms with Crippen LogP contribution in [-0.4, -0.2) is 40.7 Å². The van der Waals surface area contributed by atoms with Gasteiger partial charge < -0.3 is 14.6 Å². The van der Waals surface area contributed by atoms with Crippen molar-refractivity contribution in [2.75, 3.05) is 11.5 Å². The van der Waals surface area contributed by atoms with Gasteiger partial charge in [0.25, 0.3) is 11.8 Å². The first-order valence-corrected chi connectivity index (χ1v) is 10.8. The number of nitrogens with one attached hydrogen (secondary N) is 1. The zero-order chi connectivity index (χ0) is 24.3. The van der Waals surface area contributed by atoms with Crippen molar-refractivity contribution >= 4 is 58.5 Å². The fraction of sp³-hybridized carbons (Fsp3) is 0.217. The molecule has 0 saturated carbocycles. The van der Waals surface area contributed by atoms with Crippen molar-refractivity contribution in [2.45, 2.75) is 26.9 Å². The number of carbonyl (C=O) groups excluding carboxylic acids is 2. The number of thiocarbonyl (C=S) groups is 1. The number of carboxylic acids is 1. The third-order valence-electron chi connectivity index (χ3n) is 4.45. The third-order valence-corrected chi connectivity index (χ3v) is 5.01. The van der Waals surface area contributed by atoms with Crippen LogP contribution in [0.2, 0.25) is 5.02 Å². The summed E-state index contributed by atoms with van der Waals surface area (Å²) in [5.74, 6) is -1.82. The average molecular weight is 489 g/mol. The monoisotopic (exact) mass is 488 g/mol. The summed E-state index contributed by atoms with van der Waals surface area (Å²) in [6.45, 7) is 5.86. The Balaban J connectivity index is 2.04. The molecule has 0 spiro atoms. The third kappa shape index (κ3) is 5.32. The minimum Gasteiger partial charge on any atom is -0.490 e. The second-order valence-corrected chi connectivity index (χ2v) is 8.04. The second-order valence-electron chi connectivity index (χ2n) is 7.24. The highest BCUT2D eigenvalue weighted by Gasteiger charge is 2.35. The number of nitrogens with zero attached hydrogens (tertiary/aromatic N) is 1. The van der Waals surface area contributed by atoms with Gasteiger partial charge in [-0.05, 0) is 75.0 Å². The molecule has 2 aromatic rings. The Bertz CT molecular complexity index is 1180. The van der Waals surface area contributed by atoms with E-state index in [0.29, 0.717) is 23.7 Å². The molecule has 1 saturated heterocycles. The first kappa shape index (κ1) is 24.2. The van der Waals surface area contributed by atoms with Gasteiger partial charge in [-0.2, -0.15) is 0 Å². The SMILES string of the molecule is CCOc1cc(C=C2C(=O)NC(=S)N(c3cccc(C(=O)O)c3)C2=O)cc(Cl)c1OC(C)C. The Morgan fingerprint density at radius 2 is 2.00 bits per heavy atom. The maximum atomic E-state index is 13.2. The molecule has 0 radical (unpaired) electrons. The molecule has 1 aliphatic rings. The summed E-state index contributed by atoms with van der Waals surface area (Å²) >= 11 is 11.6. The van der Waals surface area contributed by atoms with Crippen molar-refractivity contribution in [3.63, 3.8) is 0 Å². The number of carbonyl (C=O) groups is 3. The molecule has 2 aromatic carbocycles. The molecule has 0 atom stereocenters. The quantitative estimate of drug-likeness (QED) is 0.344. The molecule has 0 bridgehead atoms. The van der Waals surface area contributed by atoms with Crippen molar-refractivity contribution in [2.24, 2.45) is 0 Å². The summed E-state index contributed by atoms with van der Waals surface area (Å²) in [5, 5.41) is 11.8. The summed E-state index contributed by atoms with van der Waals surface area (Å²) < 4.78 is 11.4. The van der Waals surface area contributed by atoms with Crippen LogP contribution in [0.25, 0.3) is 6.08 Å². The Morgan fingerprint density at radius 1 is 1.27 bits per heavy atom. The normalized spacial score (nSPS) is 15.1. The van der Waals surface area contributed by atoms with Crippen LogP contribution < -0.4 is 19.7 Å². The van der Waals surface area contributed by atoms with Crippen LogP contribution in [0.15, 0.2) is 42.0 Å². The maximum Gasteiger partial charge on any atom is 0.335 e. The summed E-state index contributed by atoms with van der Waals surface area (Å²) in [7, 11) is 0. The number of ether oxygens (including phenoxy) is 2.